The largest absolute Gasteiger partial charge is 0.453 e. The molecule has 0 aromatic heterocycles. The second-order valence-corrected chi connectivity index (χ2v) is 5.47. The molecule has 0 spiro atoms. The summed E-state index contributed by atoms with van der Waals surface area (Å²) in [5.74, 6) is 0. The lowest BCUT2D eigenvalue weighted by atomic mass is 10.2. The van der Waals surface area contributed by atoms with Crippen LogP contribution in [0.3, 0.4) is 0 Å². The molecule has 1 saturated heterocycles. The summed E-state index contributed by atoms with van der Waals surface area (Å²) < 4.78 is 5.57. The Balaban J connectivity index is 1.91. The first-order chi connectivity index (χ1) is 9.10. The number of halogens is 1. The van der Waals surface area contributed by atoms with Crippen LogP contribution in [0, 0.1) is 0 Å². The molecule has 19 heavy (non-hydrogen) atoms. The smallest absolute Gasteiger partial charge is 0.407 e. The molecule has 0 aliphatic carbocycles. The number of alkyl carbamates (subject to hydrolysis) is 1. The van der Waals surface area contributed by atoms with Crippen molar-refractivity contribution in [2.45, 2.75) is 19.0 Å². The molecule has 0 bridgehead atoms. The Labute approximate surface area is 121 Å². The molecule has 104 valence electrons. The lowest BCUT2D eigenvalue weighted by molar-refractivity contribution is 0.166. The van der Waals surface area contributed by atoms with Gasteiger partial charge in [-0.25, -0.2) is 4.79 Å². The van der Waals surface area contributed by atoms with Crippen LogP contribution >= 0.6 is 15.9 Å². The Hall–Kier alpha value is -1.27. The van der Waals surface area contributed by atoms with E-state index in [1.54, 1.807) is 0 Å². The van der Waals surface area contributed by atoms with Gasteiger partial charge in [-0.05, 0) is 34.0 Å². The summed E-state index contributed by atoms with van der Waals surface area (Å²) in [4.78, 5) is 13.4. The average molecular weight is 328 g/mol. The number of anilines is 1. The van der Waals surface area contributed by atoms with Gasteiger partial charge in [-0.3, -0.25) is 4.90 Å². The molecule has 1 aliphatic heterocycles. The van der Waals surface area contributed by atoms with Gasteiger partial charge in [0.05, 0.1) is 7.11 Å². The molecule has 1 amide bonds. The van der Waals surface area contributed by atoms with Crippen LogP contribution in [0.25, 0.3) is 0 Å². The second kappa shape index (κ2) is 6.25. The molecular formula is C13H18BrN3O2. The number of benzene rings is 1. The molecule has 5 nitrogen and oxygen atoms in total. The highest BCUT2D eigenvalue weighted by Gasteiger charge is 2.24. The highest BCUT2D eigenvalue weighted by molar-refractivity contribution is 9.10. The number of methoxy groups -OCH3 is 1. The van der Waals surface area contributed by atoms with Gasteiger partial charge in [-0.1, -0.05) is 12.1 Å². The fraction of sp³-hybridized carbons (Fsp3) is 0.462. The van der Waals surface area contributed by atoms with Crippen LogP contribution in [0.2, 0.25) is 0 Å². The molecule has 1 heterocycles. The number of likely N-dealkylation sites (tertiary alicyclic amines) is 1. The van der Waals surface area contributed by atoms with E-state index >= 15 is 0 Å². The van der Waals surface area contributed by atoms with E-state index in [-0.39, 0.29) is 12.1 Å². The minimum Gasteiger partial charge on any atom is -0.453 e. The maximum atomic E-state index is 11.2. The Kier molecular flexibility index (Phi) is 4.66. The molecule has 1 aromatic carbocycles. The molecule has 1 unspecified atom stereocenters. The van der Waals surface area contributed by atoms with Crippen LogP contribution in [0.15, 0.2) is 22.7 Å². The molecule has 6 heteroatoms. The fourth-order valence-corrected chi connectivity index (χ4v) is 2.67. The van der Waals surface area contributed by atoms with E-state index in [2.05, 4.69) is 36.9 Å². The summed E-state index contributed by atoms with van der Waals surface area (Å²) in [5, 5.41) is 2.83. The quantitative estimate of drug-likeness (QED) is 0.833. The van der Waals surface area contributed by atoms with E-state index in [0.717, 1.165) is 36.2 Å². The maximum Gasteiger partial charge on any atom is 0.407 e. The van der Waals surface area contributed by atoms with Gasteiger partial charge >= 0.3 is 6.09 Å². The maximum absolute atomic E-state index is 11.2. The Bertz CT molecular complexity index is 467. The third-order valence-electron chi connectivity index (χ3n) is 3.28. The van der Waals surface area contributed by atoms with E-state index in [4.69, 9.17) is 5.73 Å². The van der Waals surface area contributed by atoms with Crippen molar-refractivity contribution in [1.29, 1.82) is 0 Å². The van der Waals surface area contributed by atoms with E-state index in [0.29, 0.717) is 0 Å². The normalized spacial score (nSPS) is 19.4. The number of ether oxygens (including phenoxy) is 1. The topological polar surface area (TPSA) is 67.6 Å². The number of hydrogen-bond donors (Lipinski definition) is 2. The summed E-state index contributed by atoms with van der Waals surface area (Å²) >= 11 is 3.51. The van der Waals surface area contributed by atoms with Crippen LogP contribution in [0.1, 0.15) is 12.0 Å². The van der Waals surface area contributed by atoms with Crippen molar-refractivity contribution in [3.63, 3.8) is 0 Å². The zero-order valence-corrected chi connectivity index (χ0v) is 12.4. The van der Waals surface area contributed by atoms with Gasteiger partial charge in [0.1, 0.15) is 0 Å². The third kappa shape index (κ3) is 3.61. The molecule has 1 aliphatic rings. The highest BCUT2D eigenvalue weighted by Crippen LogP contribution is 2.26. The summed E-state index contributed by atoms with van der Waals surface area (Å²) in [6.07, 6.45) is 0.576. The van der Waals surface area contributed by atoms with Crippen LogP contribution in [0.4, 0.5) is 10.5 Å². The zero-order valence-electron chi connectivity index (χ0n) is 10.9. The van der Waals surface area contributed by atoms with Gasteiger partial charge in [0, 0.05) is 35.8 Å². The lowest BCUT2D eigenvalue weighted by Gasteiger charge is -2.17. The van der Waals surface area contributed by atoms with E-state index in [1.807, 2.05) is 12.1 Å². The molecule has 0 radical (unpaired) electrons. The Morgan fingerprint density at radius 2 is 2.42 bits per heavy atom. The summed E-state index contributed by atoms with van der Waals surface area (Å²) in [6.45, 7) is 2.61. The Morgan fingerprint density at radius 1 is 1.63 bits per heavy atom. The van der Waals surface area contributed by atoms with E-state index in [1.165, 1.54) is 12.7 Å². The predicted molar refractivity (Wildman–Crippen MR) is 77.8 cm³/mol. The summed E-state index contributed by atoms with van der Waals surface area (Å²) in [5.41, 5.74) is 7.78. The lowest BCUT2D eigenvalue weighted by Crippen LogP contribution is -2.36. The summed E-state index contributed by atoms with van der Waals surface area (Å²) in [6, 6.07) is 6.04. The van der Waals surface area contributed by atoms with Crippen LogP contribution in [-0.2, 0) is 11.3 Å². The van der Waals surface area contributed by atoms with Gasteiger partial charge in [-0.15, -0.1) is 0 Å². The molecular weight excluding hydrogens is 310 g/mol. The fourth-order valence-electron chi connectivity index (χ4n) is 2.28. The number of carbonyl (C=O) groups is 1. The monoisotopic (exact) mass is 327 g/mol. The van der Waals surface area contributed by atoms with Gasteiger partial charge in [0.15, 0.2) is 0 Å². The van der Waals surface area contributed by atoms with Gasteiger partial charge in [-0.2, -0.15) is 0 Å². The van der Waals surface area contributed by atoms with Gasteiger partial charge in [0.2, 0.25) is 0 Å². The molecule has 1 aromatic rings. The van der Waals surface area contributed by atoms with Crippen molar-refractivity contribution in [1.82, 2.24) is 10.2 Å². The zero-order chi connectivity index (χ0) is 13.8. The molecule has 1 atom stereocenters. The number of nitrogens with two attached hydrogens (primary N) is 1. The first-order valence-corrected chi connectivity index (χ1v) is 6.99. The second-order valence-electron chi connectivity index (χ2n) is 4.68. The first-order valence-electron chi connectivity index (χ1n) is 6.20. The number of amides is 1. The van der Waals surface area contributed by atoms with E-state index < -0.39 is 0 Å². The van der Waals surface area contributed by atoms with Crippen molar-refractivity contribution in [3.8, 4) is 0 Å². The molecule has 2 rings (SSSR count). The summed E-state index contributed by atoms with van der Waals surface area (Å²) in [7, 11) is 1.38. The SMILES string of the molecule is COC(=O)NC1CCN(Cc2cccc(N)c2Br)C1. The minimum absolute atomic E-state index is 0.160. The first kappa shape index (κ1) is 14.1. The molecule has 3 N–H and O–H groups in total. The number of rotatable bonds is 3. The van der Waals surface area contributed by atoms with Crippen molar-refractivity contribution < 1.29 is 9.53 Å². The Morgan fingerprint density at radius 3 is 3.16 bits per heavy atom. The van der Waals surface area contributed by atoms with Crippen molar-refractivity contribution in [2.75, 3.05) is 25.9 Å². The van der Waals surface area contributed by atoms with Crippen molar-refractivity contribution in [3.05, 3.63) is 28.2 Å². The van der Waals surface area contributed by atoms with Crippen molar-refractivity contribution >= 4 is 27.7 Å². The number of carbonyl (C=O) groups excluding carboxylic acids is 1. The number of nitrogens with one attached hydrogen (secondary N) is 1. The van der Waals surface area contributed by atoms with Crippen LogP contribution in [-0.4, -0.2) is 37.2 Å². The molecule has 0 saturated carbocycles. The standard InChI is InChI=1S/C13H18BrN3O2/c1-19-13(18)16-10-5-6-17(8-10)7-9-3-2-4-11(15)12(9)14/h2-4,10H,5-8,15H2,1H3,(H,16,18). The number of nitrogen functional groups attached to an aromatic ring is 1. The van der Waals surface area contributed by atoms with Crippen molar-refractivity contribution in [2.24, 2.45) is 0 Å². The van der Waals surface area contributed by atoms with Gasteiger partial charge in [0.25, 0.3) is 0 Å². The van der Waals surface area contributed by atoms with E-state index in [9.17, 15) is 4.79 Å². The van der Waals surface area contributed by atoms with Crippen LogP contribution in [0.5, 0.6) is 0 Å². The highest BCUT2D eigenvalue weighted by atomic mass is 79.9. The number of nitrogens with zero attached hydrogens (tertiary/aromatic N) is 1. The number of hydrogen-bond acceptors (Lipinski definition) is 4. The van der Waals surface area contributed by atoms with Crippen LogP contribution < -0.4 is 11.1 Å². The predicted octanol–water partition coefficient (Wildman–Crippen LogP) is 1.96. The van der Waals surface area contributed by atoms with Gasteiger partial charge < -0.3 is 15.8 Å². The average Bonchev–Trinajstić information content (AvgIpc) is 2.82. The third-order valence-corrected chi connectivity index (χ3v) is 4.25. The minimum atomic E-state index is -0.364. The molecule has 1 fully saturated rings.